The minimum absolute atomic E-state index is 0.0163. The van der Waals surface area contributed by atoms with Crippen LogP contribution in [-0.2, 0) is 9.53 Å². The Balaban J connectivity index is 1.10. The van der Waals surface area contributed by atoms with Gasteiger partial charge in [0, 0.05) is 52.8 Å². The monoisotopic (exact) mass is 959 g/mol. The van der Waals surface area contributed by atoms with Gasteiger partial charge in [0.2, 0.25) is 0 Å². The van der Waals surface area contributed by atoms with E-state index in [0.29, 0.717) is 37.5 Å². The van der Waals surface area contributed by atoms with Crippen LogP contribution >= 0.6 is 0 Å². The number of esters is 1. The van der Waals surface area contributed by atoms with Gasteiger partial charge < -0.3 is 20.3 Å². The standard InChI is InChI=1S/C62H94N4O4/c1-8-11-13-15-17-19-21-23-25-27-29-31-33-47(34-32-30-28-26-24-22-20-18-16-14-12-9-2)42-70-59(69)36-35-49-44(5)54-38-52-45(6)51(41-67)57(64-52)39-53-43(4)48(10-3)56(63-53)40-55-46(7)60-58(68)37-50(61(49)65-54)62(60)66-55/h38-40,44,47,49,65,67-68H,8-37,41-42H2,1-7H3/t44-,49-/m0/s1. The summed E-state index contributed by atoms with van der Waals surface area (Å²) in [4.78, 5) is 29.3. The number of hydrogen-bond acceptors (Lipinski definition) is 8. The zero-order valence-electron chi connectivity index (χ0n) is 45.1. The predicted octanol–water partition coefficient (Wildman–Crippen LogP) is 16.8. The number of aliphatic hydroxyl groups excluding tert-OH is 2. The molecule has 0 saturated carbocycles. The lowest BCUT2D eigenvalue weighted by Crippen LogP contribution is -2.18. The van der Waals surface area contributed by atoms with Crippen LogP contribution in [0.2, 0.25) is 0 Å². The Kier molecular flexibility index (Phi) is 22.8. The highest BCUT2D eigenvalue weighted by Crippen LogP contribution is 2.46. The van der Waals surface area contributed by atoms with E-state index in [1.165, 1.54) is 154 Å². The molecular formula is C62H94N4O4. The van der Waals surface area contributed by atoms with Gasteiger partial charge in [0.15, 0.2) is 0 Å². The van der Waals surface area contributed by atoms with Gasteiger partial charge in [0.25, 0.3) is 0 Å². The highest BCUT2D eigenvalue weighted by molar-refractivity contribution is 6.21. The first-order valence-electron chi connectivity index (χ1n) is 28.8. The fraction of sp³-hybridized carbons (Fsp3) is 0.677. The Morgan fingerprint density at radius 2 is 1.17 bits per heavy atom. The first-order valence-corrected chi connectivity index (χ1v) is 28.8. The summed E-state index contributed by atoms with van der Waals surface area (Å²) < 4.78 is 6.22. The van der Waals surface area contributed by atoms with Crippen LogP contribution < -0.4 is 5.32 Å². The van der Waals surface area contributed by atoms with Crippen molar-refractivity contribution in [2.24, 2.45) is 32.7 Å². The lowest BCUT2D eigenvalue weighted by atomic mass is 9.86. The number of fused-ring (bicyclic) bond motifs is 5. The summed E-state index contributed by atoms with van der Waals surface area (Å²) in [6.07, 6.45) is 43.0. The molecule has 1 aliphatic carbocycles. The summed E-state index contributed by atoms with van der Waals surface area (Å²) in [6.45, 7) is 15.5. The Labute approximate surface area is 425 Å². The molecule has 386 valence electrons. The van der Waals surface area contributed by atoms with E-state index >= 15 is 0 Å². The number of carbonyl (C=O) groups is 1. The van der Waals surface area contributed by atoms with Crippen LogP contribution in [0.5, 0.6) is 0 Å². The molecule has 0 unspecified atom stereocenters. The molecule has 8 bridgehead atoms. The summed E-state index contributed by atoms with van der Waals surface area (Å²) in [5.74, 6) is 0.655. The number of ether oxygens (including phenoxy) is 1. The van der Waals surface area contributed by atoms with E-state index in [1.54, 1.807) is 0 Å². The van der Waals surface area contributed by atoms with E-state index in [0.717, 1.165) is 104 Å². The highest BCUT2D eigenvalue weighted by Gasteiger charge is 2.41. The summed E-state index contributed by atoms with van der Waals surface area (Å²) in [5, 5.41) is 26.0. The van der Waals surface area contributed by atoms with E-state index in [2.05, 4.69) is 52.1 Å². The minimum atomic E-state index is -0.118. The van der Waals surface area contributed by atoms with Crippen molar-refractivity contribution in [2.45, 2.75) is 241 Å². The molecule has 70 heavy (non-hydrogen) atoms. The predicted molar refractivity (Wildman–Crippen MR) is 294 cm³/mol. The molecule has 6 aliphatic rings. The average molecular weight is 959 g/mol. The Hall–Kier alpha value is -4.04. The van der Waals surface area contributed by atoms with Crippen molar-refractivity contribution in [3.63, 3.8) is 0 Å². The Morgan fingerprint density at radius 3 is 1.70 bits per heavy atom. The maximum Gasteiger partial charge on any atom is 0.305 e. The van der Waals surface area contributed by atoms with E-state index < -0.39 is 0 Å². The number of aliphatic imine (C=N–C) groups is 3. The van der Waals surface area contributed by atoms with Gasteiger partial charge in [0.05, 0.1) is 47.4 Å². The van der Waals surface area contributed by atoms with Crippen molar-refractivity contribution >= 4 is 23.1 Å². The second-order valence-corrected chi connectivity index (χ2v) is 21.7. The first kappa shape index (κ1) is 55.3. The van der Waals surface area contributed by atoms with Gasteiger partial charge >= 0.3 is 5.97 Å². The topological polar surface area (TPSA) is 116 Å². The normalized spacial score (nSPS) is 19.7. The molecule has 0 radical (unpaired) electrons. The number of nitrogens with one attached hydrogen (secondary N) is 1. The first-order chi connectivity index (χ1) is 34.1. The molecule has 8 nitrogen and oxygen atoms in total. The molecule has 5 aliphatic heterocycles. The molecule has 1 fully saturated rings. The highest BCUT2D eigenvalue weighted by atomic mass is 16.5. The van der Waals surface area contributed by atoms with E-state index in [-0.39, 0.29) is 24.4 Å². The molecule has 8 heteroatoms. The SMILES string of the molecule is CCCCCCCCCCCCCCC(CCCCCCCCCCCCCC)COC(=O)CC[C@@H]1C2=C3CC(O)=C4C3=NC(=C4C)C=C3N=C(C=C4N=C(C=C(N2)[C@H]1C)C(C)=C4CO)C(C)=C3CC. The van der Waals surface area contributed by atoms with Crippen molar-refractivity contribution < 1.29 is 19.7 Å². The lowest BCUT2D eigenvalue weighted by molar-refractivity contribution is -0.145. The van der Waals surface area contributed by atoms with Crippen molar-refractivity contribution in [1.82, 2.24) is 5.32 Å². The zero-order valence-corrected chi connectivity index (χ0v) is 45.1. The molecular weight excluding hydrogens is 865 g/mol. The van der Waals surface area contributed by atoms with Gasteiger partial charge in [-0.15, -0.1) is 0 Å². The van der Waals surface area contributed by atoms with Gasteiger partial charge in [-0.05, 0) is 92.9 Å². The number of allylic oxidation sites excluding steroid dienone is 11. The van der Waals surface area contributed by atoms with Crippen LogP contribution in [0, 0.1) is 17.8 Å². The third kappa shape index (κ3) is 15.0. The summed E-state index contributed by atoms with van der Waals surface area (Å²) in [7, 11) is 0. The van der Waals surface area contributed by atoms with Crippen LogP contribution in [0.4, 0.5) is 0 Å². The van der Waals surface area contributed by atoms with Crippen molar-refractivity contribution in [2.75, 3.05) is 13.2 Å². The van der Waals surface area contributed by atoms with Gasteiger partial charge in [0.1, 0.15) is 5.76 Å². The fourth-order valence-corrected chi connectivity index (χ4v) is 11.8. The van der Waals surface area contributed by atoms with Crippen LogP contribution in [0.3, 0.4) is 0 Å². The second kappa shape index (κ2) is 28.9. The molecule has 0 aromatic rings. The maximum atomic E-state index is 13.8. The van der Waals surface area contributed by atoms with Gasteiger partial charge in [-0.1, -0.05) is 182 Å². The molecule has 0 amide bonds. The number of unbranched alkanes of at least 4 members (excludes halogenated alkanes) is 22. The van der Waals surface area contributed by atoms with Gasteiger partial charge in [-0.2, -0.15) is 0 Å². The molecule has 6 rings (SSSR count). The molecule has 0 aromatic heterocycles. The van der Waals surface area contributed by atoms with Crippen LogP contribution in [0.15, 0.2) is 106 Å². The number of aliphatic hydroxyl groups is 2. The Morgan fingerprint density at radius 1 is 0.671 bits per heavy atom. The second-order valence-electron chi connectivity index (χ2n) is 21.7. The number of carbonyl (C=O) groups excluding carboxylic acids is 1. The third-order valence-electron chi connectivity index (χ3n) is 16.4. The zero-order chi connectivity index (χ0) is 49.8. The largest absolute Gasteiger partial charge is 0.511 e. The number of hydrogen-bond donors (Lipinski definition) is 3. The minimum Gasteiger partial charge on any atom is -0.511 e. The van der Waals surface area contributed by atoms with E-state index in [1.807, 2.05) is 19.9 Å². The third-order valence-corrected chi connectivity index (χ3v) is 16.4. The average Bonchev–Trinajstić information content (AvgIpc) is 4.11. The quantitative estimate of drug-likeness (QED) is 0.0448. The Bertz CT molecular complexity index is 2140. The van der Waals surface area contributed by atoms with Gasteiger partial charge in [-0.25, -0.2) is 15.0 Å². The number of rotatable bonds is 33. The van der Waals surface area contributed by atoms with Gasteiger partial charge in [-0.3, -0.25) is 4.79 Å². The molecule has 1 saturated heterocycles. The summed E-state index contributed by atoms with van der Waals surface area (Å²) >= 11 is 0. The fourth-order valence-electron chi connectivity index (χ4n) is 11.8. The lowest BCUT2D eigenvalue weighted by Gasteiger charge is -2.19. The molecule has 2 atom stereocenters. The summed E-state index contributed by atoms with van der Waals surface area (Å²) in [5.41, 5.74) is 13.7. The van der Waals surface area contributed by atoms with Crippen LogP contribution in [0.25, 0.3) is 0 Å². The van der Waals surface area contributed by atoms with Crippen LogP contribution in [0.1, 0.15) is 241 Å². The van der Waals surface area contributed by atoms with Crippen molar-refractivity contribution in [3.05, 3.63) is 91.5 Å². The van der Waals surface area contributed by atoms with Crippen molar-refractivity contribution in [1.29, 1.82) is 0 Å². The summed E-state index contributed by atoms with van der Waals surface area (Å²) in [6, 6.07) is 0. The number of nitrogens with zero attached hydrogens (tertiary/aromatic N) is 3. The molecule has 5 heterocycles. The molecule has 3 N–H and O–H groups in total. The van der Waals surface area contributed by atoms with E-state index in [9.17, 15) is 15.0 Å². The van der Waals surface area contributed by atoms with E-state index in [4.69, 9.17) is 19.7 Å². The molecule has 0 spiro atoms. The van der Waals surface area contributed by atoms with Crippen LogP contribution in [-0.4, -0.2) is 46.5 Å². The maximum absolute atomic E-state index is 13.8. The smallest absolute Gasteiger partial charge is 0.305 e. The van der Waals surface area contributed by atoms with Crippen molar-refractivity contribution in [3.8, 4) is 0 Å². The molecule has 0 aromatic carbocycles.